The van der Waals surface area contributed by atoms with Gasteiger partial charge < -0.3 is 4.74 Å². The van der Waals surface area contributed by atoms with Crippen LogP contribution in [0.2, 0.25) is 0 Å². The molecule has 0 aliphatic carbocycles. The highest BCUT2D eigenvalue weighted by Crippen LogP contribution is 2.32. The minimum atomic E-state index is -4.68. The molecule has 0 saturated heterocycles. The molecule has 3 rings (SSSR count). The molecule has 0 unspecified atom stereocenters. The largest absolute Gasteiger partial charge is 0.573 e. The summed E-state index contributed by atoms with van der Waals surface area (Å²) in [4.78, 5) is 3.14. The highest BCUT2D eigenvalue weighted by atomic mass is 32.2. The van der Waals surface area contributed by atoms with Crippen LogP contribution in [0.15, 0.2) is 99.6 Å². The second kappa shape index (κ2) is 7.01. The number of rotatable bonds is 4. The van der Waals surface area contributed by atoms with Crippen LogP contribution in [0.25, 0.3) is 0 Å². The Kier molecular flexibility index (Phi) is 4.81. The van der Waals surface area contributed by atoms with Crippen molar-refractivity contribution >= 4 is 10.9 Å². The van der Waals surface area contributed by atoms with Crippen molar-refractivity contribution in [1.82, 2.24) is 0 Å². The summed E-state index contributed by atoms with van der Waals surface area (Å²) in [5.41, 5.74) is 0. The summed E-state index contributed by atoms with van der Waals surface area (Å²) >= 11 is 0. The topological polar surface area (TPSA) is 9.23 Å². The van der Waals surface area contributed by atoms with Gasteiger partial charge in [0.2, 0.25) is 0 Å². The molecule has 0 radical (unpaired) electrons. The molecule has 0 aromatic heterocycles. The number of hydrogen-bond donors (Lipinski definition) is 0. The molecule has 24 heavy (non-hydrogen) atoms. The molecule has 0 aliphatic heterocycles. The van der Waals surface area contributed by atoms with Gasteiger partial charge in [-0.2, -0.15) is 0 Å². The number of ether oxygens (including phenoxy) is 1. The summed E-state index contributed by atoms with van der Waals surface area (Å²) in [7, 11) is -0.383. The maximum atomic E-state index is 12.3. The molecule has 0 heterocycles. The average Bonchev–Trinajstić information content (AvgIpc) is 2.57. The lowest BCUT2D eigenvalue weighted by atomic mass is 10.3. The number of benzene rings is 3. The fourth-order valence-electron chi connectivity index (χ4n) is 2.30. The fourth-order valence-corrected chi connectivity index (χ4v) is 4.38. The van der Waals surface area contributed by atoms with Crippen LogP contribution in [-0.2, 0) is 10.9 Å². The molecule has 0 bridgehead atoms. The Labute approximate surface area is 141 Å². The maximum Gasteiger partial charge on any atom is 0.573 e. The highest BCUT2D eigenvalue weighted by Gasteiger charge is 2.32. The van der Waals surface area contributed by atoms with Crippen molar-refractivity contribution in [3.05, 3.63) is 84.9 Å². The molecule has 122 valence electrons. The minimum Gasteiger partial charge on any atom is -0.406 e. The van der Waals surface area contributed by atoms with E-state index in [-0.39, 0.29) is 16.6 Å². The normalized spacial score (nSPS) is 11.5. The molecule has 3 aromatic rings. The van der Waals surface area contributed by atoms with Crippen LogP contribution < -0.4 is 4.74 Å². The van der Waals surface area contributed by atoms with E-state index in [1.54, 1.807) is 12.1 Å². The molecule has 0 fully saturated rings. The lowest BCUT2D eigenvalue weighted by Crippen LogP contribution is -2.17. The van der Waals surface area contributed by atoms with Crippen molar-refractivity contribution in [3.63, 3.8) is 0 Å². The van der Waals surface area contributed by atoms with Gasteiger partial charge in [-0.3, -0.25) is 0 Å². The molecular formula is C19H14F3OS+. The van der Waals surface area contributed by atoms with Crippen molar-refractivity contribution in [3.8, 4) is 5.75 Å². The number of halogens is 3. The van der Waals surface area contributed by atoms with Gasteiger partial charge in [-0.15, -0.1) is 13.2 Å². The first-order chi connectivity index (χ1) is 11.5. The molecule has 1 nitrogen and oxygen atoms in total. The molecule has 0 atom stereocenters. The molecule has 5 heteroatoms. The predicted molar refractivity (Wildman–Crippen MR) is 88.2 cm³/mol. The lowest BCUT2D eigenvalue weighted by Gasteiger charge is -2.10. The van der Waals surface area contributed by atoms with Gasteiger partial charge in [0, 0.05) is 0 Å². The van der Waals surface area contributed by atoms with Crippen molar-refractivity contribution < 1.29 is 17.9 Å². The Morgan fingerprint density at radius 2 is 1.00 bits per heavy atom. The second-order valence-corrected chi connectivity index (χ2v) is 6.98. The zero-order valence-corrected chi connectivity index (χ0v) is 13.3. The lowest BCUT2D eigenvalue weighted by molar-refractivity contribution is -0.274. The van der Waals surface area contributed by atoms with Crippen molar-refractivity contribution in [2.45, 2.75) is 21.0 Å². The molecule has 0 N–H and O–H groups in total. The van der Waals surface area contributed by atoms with E-state index >= 15 is 0 Å². The molecule has 3 aromatic carbocycles. The van der Waals surface area contributed by atoms with Gasteiger partial charge in [0.1, 0.15) is 5.75 Å². The Morgan fingerprint density at radius 1 is 0.583 bits per heavy atom. The summed E-state index contributed by atoms with van der Waals surface area (Å²) < 4.78 is 40.9. The van der Waals surface area contributed by atoms with Crippen LogP contribution in [0, 0.1) is 0 Å². The smallest absolute Gasteiger partial charge is 0.406 e. The third-order valence-corrected chi connectivity index (χ3v) is 5.48. The van der Waals surface area contributed by atoms with E-state index in [1.165, 1.54) is 12.1 Å². The number of alkyl halides is 3. The number of hydrogen-bond acceptors (Lipinski definition) is 1. The Bertz CT molecular complexity index is 732. The zero-order chi connectivity index (χ0) is 17.0. The third kappa shape index (κ3) is 4.11. The highest BCUT2D eigenvalue weighted by molar-refractivity contribution is 7.97. The summed E-state index contributed by atoms with van der Waals surface area (Å²) in [6.45, 7) is 0. The maximum absolute atomic E-state index is 12.3. The van der Waals surface area contributed by atoms with Gasteiger partial charge in [-0.25, -0.2) is 0 Å². The monoisotopic (exact) mass is 347 g/mol. The van der Waals surface area contributed by atoms with E-state index in [4.69, 9.17) is 0 Å². The zero-order valence-electron chi connectivity index (χ0n) is 12.5. The van der Waals surface area contributed by atoms with Gasteiger partial charge in [0.25, 0.3) is 0 Å². The van der Waals surface area contributed by atoms with E-state index in [9.17, 15) is 13.2 Å². The SMILES string of the molecule is FC(F)(F)Oc1ccc([S+](c2ccccc2)c2ccccc2)cc1. The fraction of sp³-hybridized carbons (Fsp3) is 0.0526. The first kappa shape index (κ1) is 16.5. The van der Waals surface area contributed by atoms with Crippen LogP contribution in [0.3, 0.4) is 0 Å². The van der Waals surface area contributed by atoms with E-state index in [1.807, 2.05) is 60.7 Å². The summed E-state index contributed by atoms with van der Waals surface area (Å²) in [5, 5.41) is 0. The van der Waals surface area contributed by atoms with Crippen molar-refractivity contribution in [1.29, 1.82) is 0 Å². The van der Waals surface area contributed by atoms with E-state index in [0.717, 1.165) is 14.7 Å². The van der Waals surface area contributed by atoms with Crippen LogP contribution >= 0.6 is 0 Å². The molecular weight excluding hydrogens is 333 g/mol. The Morgan fingerprint density at radius 3 is 1.42 bits per heavy atom. The van der Waals surface area contributed by atoms with Crippen LogP contribution in [0.4, 0.5) is 13.2 Å². The molecule has 0 amide bonds. The van der Waals surface area contributed by atoms with Crippen molar-refractivity contribution in [2.75, 3.05) is 0 Å². The summed E-state index contributed by atoms with van der Waals surface area (Å²) in [6.07, 6.45) is -4.68. The van der Waals surface area contributed by atoms with E-state index in [2.05, 4.69) is 4.74 Å². The quantitative estimate of drug-likeness (QED) is 0.552. The first-order valence-electron chi connectivity index (χ1n) is 7.23. The molecule has 0 aliphatic rings. The summed E-state index contributed by atoms with van der Waals surface area (Å²) in [5.74, 6) is -0.212. The molecule has 0 spiro atoms. The standard InChI is InChI=1S/C19H14F3OS/c20-19(21,22)23-15-11-13-18(14-12-15)24(16-7-3-1-4-8-16)17-9-5-2-6-10-17/h1-14H/q+1. The van der Waals surface area contributed by atoms with Crippen LogP contribution in [-0.4, -0.2) is 6.36 Å². The van der Waals surface area contributed by atoms with Gasteiger partial charge >= 0.3 is 6.36 Å². The Balaban J connectivity index is 1.98. The van der Waals surface area contributed by atoms with Crippen LogP contribution in [0.1, 0.15) is 0 Å². The van der Waals surface area contributed by atoms with E-state index < -0.39 is 6.36 Å². The van der Waals surface area contributed by atoms with Gasteiger partial charge in [0.05, 0.1) is 10.9 Å². The Hall–Kier alpha value is -2.40. The van der Waals surface area contributed by atoms with Gasteiger partial charge in [-0.05, 0) is 48.5 Å². The van der Waals surface area contributed by atoms with Crippen molar-refractivity contribution in [2.24, 2.45) is 0 Å². The van der Waals surface area contributed by atoms with Gasteiger partial charge in [0.15, 0.2) is 14.7 Å². The predicted octanol–water partition coefficient (Wildman–Crippen LogP) is 5.68. The van der Waals surface area contributed by atoms with Crippen LogP contribution in [0.5, 0.6) is 5.75 Å². The third-order valence-electron chi connectivity index (χ3n) is 3.25. The first-order valence-corrected chi connectivity index (χ1v) is 8.46. The summed E-state index contributed by atoms with van der Waals surface area (Å²) in [6, 6.07) is 25.9. The minimum absolute atomic E-state index is 0.212. The van der Waals surface area contributed by atoms with E-state index in [0.29, 0.717) is 0 Å². The van der Waals surface area contributed by atoms with Gasteiger partial charge in [-0.1, -0.05) is 36.4 Å². The molecule has 0 saturated carbocycles. The second-order valence-electron chi connectivity index (χ2n) is 4.95. The average molecular weight is 347 g/mol.